The molecule has 1 atom stereocenters. The molecule has 0 aliphatic heterocycles. The lowest BCUT2D eigenvalue weighted by molar-refractivity contribution is 0.368. The minimum Gasteiger partial charge on any atom is -0.504 e. The number of aryl methyl sites for hydroxylation is 1. The number of phenols is 3. The fourth-order valence-electron chi connectivity index (χ4n) is 3.75. The van der Waals surface area contributed by atoms with Crippen molar-refractivity contribution in [3.05, 3.63) is 46.1 Å². The van der Waals surface area contributed by atoms with Gasteiger partial charge in [0.25, 0.3) is 0 Å². The molecule has 31 heavy (non-hydrogen) atoms. The molecule has 3 rings (SSSR count). The zero-order valence-electron chi connectivity index (χ0n) is 18.2. The van der Waals surface area contributed by atoms with Crippen molar-refractivity contribution in [2.75, 3.05) is 0 Å². The summed E-state index contributed by atoms with van der Waals surface area (Å²) in [6.45, 7) is 6.72. The zero-order chi connectivity index (χ0) is 22.7. The number of benzene rings is 2. The molecule has 0 saturated carbocycles. The molecule has 4 N–H and O–H groups in total. The molecule has 166 valence electrons. The highest BCUT2D eigenvalue weighted by Gasteiger charge is 2.19. The summed E-state index contributed by atoms with van der Waals surface area (Å²) in [5, 5.41) is 39.7. The van der Waals surface area contributed by atoms with E-state index in [4.69, 9.17) is 4.42 Å². The molecule has 0 radical (unpaired) electrons. The molecular formula is C25H30O6. The molecule has 0 bridgehead atoms. The smallest absolute Gasteiger partial charge is 0.235 e. The van der Waals surface area contributed by atoms with E-state index in [1.807, 2.05) is 6.07 Å². The molecule has 6 heteroatoms. The van der Waals surface area contributed by atoms with E-state index in [1.165, 1.54) is 19.3 Å². The van der Waals surface area contributed by atoms with Gasteiger partial charge >= 0.3 is 0 Å². The Morgan fingerprint density at radius 1 is 0.871 bits per heavy atom. The first kappa shape index (κ1) is 22.5. The highest BCUT2D eigenvalue weighted by atomic mass is 16.4. The summed E-state index contributed by atoms with van der Waals surface area (Å²) in [5.74, 6) is -1.34. The summed E-state index contributed by atoms with van der Waals surface area (Å²) >= 11 is 0. The topological polar surface area (TPSA) is 111 Å². The van der Waals surface area contributed by atoms with E-state index in [9.17, 15) is 25.2 Å². The average molecular weight is 427 g/mol. The van der Waals surface area contributed by atoms with Gasteiger partial charge in [0.2, 0.25) is 11.2 Å². The Morgan fingerprint density at radius 2 is 1.55 bits per heavy atom. The molecule has 1 unspecified atom stereocenters. The average Bonchev–Trinajstić information content (AvgIpc) is 2.72. The molecule has 0 amide bonds. The van der Waals surface area contributed by atoms with Crippen molar-refractivity contribution >= 4 is 11.0 Å². The Bertz CT molecular complexity index is 1110. The Kier molecular flexibility index (Phi) is 6.78. The van der Waals surface area contributed by atoms with Gasteiger partial charge in [-0.2, -0.15) is 0 Å². The van der Waals surface area contributed by atoms with Crippen LogP contribution in [0.1, 0.15) is 52.0 Å². The van der Waals surface area contributed by atoms with Gasteiger partial charge in [-0.3, -0.25) is 4.79 Å². The number of fused-ring (bicyclic) bond motifs is 1. The van der Waals surface area contributed by atoms with Crippen molar-refractivity contribution in [2.45, 2.75) is 52.9 Å². The fraction of sp³-hybridized carbons (Fsp3) is 0.400. The van der Waals surface area contributed by atoms with Crippen molar-refractivity contribution in [3.63, 3.8) is 0 Å². The van der Waals surface area contributed by atoms with Crippen molar-refractivity contribution in [2.24, 2.45) is 11.8 Å². The van der Waals surface area contributed by atoms with E-state index in [2.05, 4.69) is 20.8 Å². The van der Waals surface area contributed by atoms with Crippen LogP contribution in [0, 0.1) is 11.8 Å². The molecule has 2 aromatic carbocycles. The van der Waals surface area contributed by atoms with Crippen LogP contribution in [0.15, 0.2) is 39.5 Å². The minimum absolute atomic E-state index is 0.0773. The van der Waals surface area contributed by atoms with Gasteiger partial charge in [0.1, 0.15) is 5.58 Å². The number of hydrogen-bond acceptors (Lipinski definition) is 6. The lowest BCUT2D eigenvalue weighted by Crippen LogP contribution is -2.03. The van der Waals surface area contributed by atoms with Crippen molar-refractivity contribution in [3.8, 4) is 34.3 Å². The monoisotopic (exact) mass is 426 g/mol. The Morgan fingerprint density at radius 3 is 2.19 bits per heavy atom. The summed E-state index contributed by atoms with van der Waals surface area (Å²) in [7, 11) is 0. The number of aromatic hydroxyl groups is 4. The summed E-state index contributed by atoms with van der Waals surface area (Å²) in [5.41, 5.74) is 0.819. The molecule has 0 aliphatic rings. The van der Waals surface area contributed by atoms with Crippen LogP contribution >= 0.6 is 0 Å². The van der Waals surface area contributed by atoms with Crippen LogP contribution in [-0.4, -0.2) is 20.4 Å². The Balaban J connectivity index is 1.87. The largest absolute Gasteiger partial charge is 0.504 e. The van der Waals surface area contributed by atoms with Gasteiger partial charge in [0.15, 0.2) is 23.0 Å². The molecule has 6 nitrogen and oxygen atoms in total. The van der Waals surface area contributed by atoms with Crippen molar-refractivity contribution in [1.82, 2.24) is 0 Å². The number of hydrogen-bond donors (Lipinski definition) is 4. The van der Waals surface area contributed by atoms with Gasteiger partial charge in [-0.15, -0.1) is 0 Å². The predicted octanol–water partition coefficient (Wildman–Crippen LogP) is 5.68. The second-order valence-corrected chi connectivity index (χ2v) is 8.77. The molecule has 0 spiro atoms. The lowest BCUT2D eigenvalue weighted by Gasteiger charge is -2.13. The van der Waals surface area contributed by atoms with Crippen LogP contribution in [0.2, 0.25) is 0 Å². The highest BCUT2D eigenvalue weighted by molar-refractivity contribution is 5.83. The zero-order valence-corrected chi connectivity index (χ0v) is 18.2. The second kappa shape index (κ2) is 9.33. The molecular weight excluding hydrogens is 396 g/mol. The third kappa shape index (κ3) is 5.13. The van der Waals surface area contributed by atoms with Crippen LogP contribution in [0.25, 0.3) is 22.3 Å². The van der Waals surface area contributed by atoms with Gasteiger partial charge in [0.05, 0.1) is 5.39 Å². The van der Waals surface area contributed by atoms with E-state index < -0.39 is 28.4 Å². The maximum atomic E-state index is 12.6. The molecule has 3 aromatic rings. The second-order valence-electron chi connectivity index (χ2n) is 8.77. The third-order valence-corrected chi connectivity index (χ3v) is 5.67. The SMILES string of the molecule is CC(C)CCCC(C)CCc1ccc2c(=O)c(O)c(-c3cc(O)c(O)c(O)c3)oc2c1. The quantitative estimate of drug-likeness (QED) is 0.345. The van der Waals surface area contributed by atoms with Crippen LogP contribution < -0.4 is 5.43 Å². The lowest BCUT2D eigenvalue weighted by atomic mass is 9.94. The van der Waals surface area contributed by atoms with Gasteiger partial charge in [0, 0.05) is 5.56 Å². The summed E-state index contributed by atoms with van der Waals surface area (Å²) in [4.78, 5) is 12.6. The Hall–Kier alpha value is -3.15. The van der Waals surface area contributed by atoms with Crippen molar-refractivity contribution < 1.29 is 24.8 Å². The van der Waals surface area contributed by atoms with E-state index in [0.29, 0.717) is 11.5 Å². The first-order chi connectivity index (χ1) is 14.7. The van der Waals surface area contributed by atoms with Crippen LogP contribution in [-0.2, 0) is 6.42 Å². The predicted molar refractivity (Wildman–Crippen MR) is 121 cm³/mol. The standard InChI is InChI=1S/C25H30O6/c1-14(2)5-4-6-15(3)7-8-16-9-10-18-21(11-16)31-25(24(30)22(18)28)17-12-19(26)23(29)20(27)13-17/h9-15,26-27,29-30H,4-8H2,1-3H3. The summed E-state index contributed by atoms with van der Waals surface area (Å²) in [6, 6.07) is 7.54. The maximum absolute atomic E-state index is 12.6. The molecule has 1 heterocycles. The third-order valence-electron chi connectivity index (χ3n) is 5.67. The first-order valence-electron chi connectivity index (χ1n) is 10.7. The van der Waals surface area contributed by atoms with Gasteiger partial charge in [-0.25, -0.2) is 0 Å². The summed E-state index contributed by atoms with van der Waals surface area (Å²) < 4.78 is 5.79. The first-order valence-corrected chi connectivity index (χ1v) is 10.7. The van der Waals surface area contributed by atoms with Crippen LogP contribution in [0.3, 0.4) is 0 Å². The van der Waals surface area contributed by atoms with Gasteiger partial charge < -0.3 is 24.8 Å². The highest BCUT2D eigenvalue weighted by Crippen LogP contribution is 2.41. The van der Waals surface area contributed by atoms with E-state index in [-0.39, 0.29) is 16.7 Å². The summed E-state index contributed by atoms with van der Waals surface area (Å²) in [6.07, 6.45) is 5.52. The van der Waals surface area contributed by atoms with Crippen molar-refractivity contribution in [1.29, 1.82) is 0 Å². The fourth-order valence-corrected chi connectivity index (χ4v) is 3.75. The molecule has 0 aliphatic carbocycles. The van der Waals surface area contributed by atoms with E-state index in [0.717, 1.165) is 36.5 Å². The normalized spacial score (nSPS) is 12.5. The molecule has 0 fully saturated rings. The van der Waals surface area contributed by atoms with Gasteiger partial charge in [-0.1, -0.05) is 46.1 Å². The van der Waals surface area contributed by atoms with E-state index in [1.54, 1.807) is 12.1 Å². The molecule has 0 saturated heterocycles. The van der Waals surface area contributed by atoms with E-state index >= 15 is 0 Å². The molecule has 1 aromatic heterocycles. The maximum Gasteiger partial charge on any atom is 0.235 e. The van der Waals surface area contributed by atoms with Crippen LogP contribution in [0.4, 0.5) is 0 Å². The van der Waals surface area contributed by atoms with Gasteiger partial charge in [-0.05, 0) is 54.5 Å². The number of rotatable bonds is 8. The Labute approximate surface area is 181 Å². The van der Waals surface area contributed by atoms with Crippen LogP contribution in [0.5, 0.6) is 23.0 Å². The number of phenolic OH excluding ortho intramolecular Hbond substituents is 3. The minimum atomic E-state index is -0.684.